The molecule has 0 saturated heterocycles. The summed E-state index contributed by atoms with van der Waals surface area (Å²) in [7, 11) is 0. The molecule has 0 radical (unpaired) electrons. The number of allylic oxidation sites excluding steroid dienone is 1. The average Bonchev–Trinajstić information content (AvgIpc) is 3.60. The number of benzene rings is 1. The van der Waals surface area contributed by atoms with E-state index in [0.717, 1.165) is 65.6 Å². The van der Waals surface area contributed by atoms with Crippen LogP contribution in [-0.4, -0.2) is 34.1 Å². The Morgan fingerprint density at radius 2 is 1.81 bits per heavy atom. The minimum atomic E-state index is -0.125. The first-order chi connectivity index (χ1) is 20.6. The predicted octanol–water partition coefficient (Wildman–Crippen LogP) is 6.37. The van der Waals surface area contributed by atoms with Crippen molar-refractivity contribution < 1.29 is 9.59 Å². The van der Waals surface area contributed by atoms with Gasteiger partial charge in [0.15, 0.2) is 5.78 Å². The van der Waals surface area contributed by atoms with Crippen LogP contribution in [0.2, 0.25) is 0 Å². The molecule has 2 N–H and O–H groups in total. The number of Topliss-reactive ketones (excluding diaryl/α,β-unsaturated/α-hetero) is 2. The number of ketones is 2. The summed E-state index contributed by atoms with van der Waals surface area (Å²) in [6.45, 7) is 7.68. The van der Waals surface area contributed by atoms with Crippen molar-refractivity contribution in [3.8, 4) is 11.1 Å². The molecule has 3 aliphatic rings. The van der Waals surface area contributed by atoms with E-state index in [1.165, 1.54) is 23.7 Å². The van der Waals surface area contributed by atoms with Crippen molar-refractivity contribution in [2.45, 2.75) is 90.5 Å². The Morgan fingerprint density at radius 3 is 2.51 bits per heavy atom. The number of nitrogens with zero attached hydrogens (tertiary/aromatic N) is 1. The summed E-state index contributed by atoms with van der Waals surface area (Å²) in [6, 6.07) is 13.9. The van der Waals surface area contributed by atoms with E-state index in [4.69, 9.17) is 4.98 Å². The summed E-state index contributed by atoms with van der Waals surface area (Å²) >= 11 is 0. The molecule has 43 heavy (non-hydrogen) atoms. The average molecular weight is 578 g/mol. The molecule has 6 nitrogen and oxygen atoms in total. The Kier molecular flexibility index (Phi) is 8.32. The number of H-pyrrole nitrogens is 1. The molecule has 224 valence electrons. The quantitative estimate of drug-likeness (QED) is 0.308. The second-order valence-corrected chi connectivity index (χ2v) is 13.8. The maximum absolute atomic E-state index is 13.8. The molecular formula is C37H43N3O3. The Hall–Kier alpha value is -3.64. The molecule has 1 fully saturated rings. The number of aromatic nitrogens is 2. The summed E-state index contributed by atoms with van der Waals surface area (Å²) in [5.41, 5.74) is 8.79. The van der Waals surface area contributed by atoms with E-state index in [1.54, 1.807) is 6.20 Å². The third-order valence-electron chi connectivity index (χ3n) is 9.89. The summed E-state index contributed by atoms with van der Waals surface area (Å²) in [5, 5.41) is 3.46. The Morgan fingerprint density at radius 1 is 1.02 bits per heavy atom. The fourth-order valence-electron chi connectivity index (χ4n) is 7.07. The van der Waals surface area contributed by atoms with E-state index < -0.39 is 0 Å². The highest BCUT2D eigenvalue weighted by Gasteiger charge is 2.31. The first kappa shape index (κ1) is 29.4. The van der Waals surface area contributed by atoms with Gasteiger partial charge in [-0.1, -0.05) is 45.0 Å². The van der Waals surface area contributed by atoms with Crippen LogP contribution in [-0.2, 0) is 28.9 Å². The Balaban J connectivity index is 1.18. The highest BCUT2D eigenvalue weighted by Crippen LogP contribution is 2.39. The normalized spacial score (nSPS) is 20.4. The van der Waals surface area contributed by atoms with Gasteiger partial charge in [0.05, 0.1) is 11.7 Å². The Bertz CT molecular complexity index is 1590. The van der Waals surface area contributed by atoms with Crippen LogP contribution in [0, 0.1) is 11.3 Å². The summed E-state index contributed by atoms with van der Waals surface area (Å²) in [6.07, 6.45) is 11.4. The molecule has 6 heteroatoms. The first-order valence-electron chi connectivity index (χ1n) is 15.9. The highest BCUT2D eigenvalue weighted by molar-refractivity contribution is 6.02. The highest BCUT2D eigenvalue weighted by atomic mass is 16.1. The van der Waals surface area contributed by atoms with Gasteiger partial charge in [0.2, 0.25) is 5.56 Å². The van der Waals surface area contributed by atoms with Crippen molar-refractivity contribution in [3.63, 3.8) is 0 Å². The number of carbonyl (C=O) groups is 2. The minimum absolute atomic E-state index is 0.0273. The van der Waals surface area contributed by atoms with Crippen LogP contribution in [0.15, 0.2) is 59.0 Å². The Labute approximate surface area is 254 Å². The fraction of sp³-hybridized carbons (Fsp3) is 0.459. The van der Waals surface area contributed by atoms with Gasteiger partial charge in [-0.05, 0) is 108 Å². The molecule has 2 aromatic heterocycles. The smallest absolute Gasteiger partial charge is 0.247 e. The van der Waals surface area contributed by atoms with E-state index in [9.17, 15) is 14.4 Å². The van der Waals surface area contributed by atoms with E-state index >= 15 is 0 Å². The van der Waals surface area contributed by atoms with Crippen LogP contribution < -0.4 is 10.9 Å². The standard InChI is InChI=1S/C37H43N3O3/c1-37(2,3)30-12-13-31-28(19-30)17-27-18-29(20-33(27)40-31)35(42)21-25(15-16-38-32-5-4-6-34(32)41)23-7-9-24(10-8-23)26-11-14-36(43)39-22-26/h7-11,14,17-18,22,25,30,32,38H,4-6,12-13,15-16,19-21H2,1-3H3,(H,39,43)/t25-,30-,32?/m0/s1. The molecule has 1 unspecified atom stereocenters. The van der Waals surface area contributed by atoms with E-state index in [1.807, 2.05) is 6.07 Å². The van der Waals surface area contributed by atoms with Crippen LogP contribution in [0.5, 0.6) is 0 Å². The topological polar surface area (TPSA) is 91.9 Å². The van der Waals surface area contributed by atoms with Gasteiger partial charge in [-0.15, -0.1) is 0 Å². The van der Waals surface area contributed by atoms with Crippen molar-refractivity contribution in [3.05, 3.63) is 92.7 Å². The fourth-order valence-corrected chi connectivity index (χ4v) is 7.07. The molecule has 3 atom stereocenters. The minimum Gasteiger partial charge on any atom is -0.328 e. The summed E-state index contributed by atoms with van der Waals surface area (Å²) in [5.74, 6) is 1.15. The molecule has 2 heterocycles. The summed E-state index contributed by atoms with van der Waals surface area (Å²) in [4.78, 5) is 45.3. The lowest BCUT2D eigenvalue weighted by atomic mass is 9.71. The van der Waals surface area contributed by atoms with E-state index in [2.05, 4.69) is 67.5 Å². The number of fused-ring (bicyclic) bond motifs is 2. The number of carbonyl (C=O) groups excluding carboxylic acids is 2. The van der Waals surface area contributed by atoms with Crippen molar-refractivity contribution >= 4 is 17.6 Å². The second kappa shape index (κ2) is 12.2. The molecule has 0 bridgehead atoms. The first-order valence-corrected chi connectivity index (χ1v) is 15.9. The lowest BCUT2D eigenvalue weighted by Gasteiger charge is -2.34. The van der Waals surface area contributed by atoms with Crippen molar-refractivity contribution in [2.24, 2.45) is 11.3 Å². The number of hydrogen-bond donors (Lipinski definition) is 2. The zero-order valence-corrected chi connectivity index (χ0v) is 25.7. The maximum Gasteiger partial charge on any atom is 0.247 e. The van der Waals surface area contributed by atoms with Gasteiger partial charge in [0.1, 0.15) is 5.78 Å². The number of pyridine rings is 2. The van der Waals surface area contributed by atoms with Crippen molar-refractivity contribution in [1.29, 1.82) is 0 Å². The molecule has 1 aromatic carbocycles. The van der Waals surface area contributed by atoms with Crippen molar-refractivity contribution in [2.75, 3.05) is 6.54 Å². The monoisotopic (exact) mass is 577 g/mol. The SMILES string of the molecule is CC(C)(C)[C@H]1CCc2nc3c(cc2C1)C=C(C(=O)C[C@H](CCNC1CCCC1=O)c1ccc(-c2ccc(=O)[nH]c2)cc1)C3. The molecule has 0 aliphatic heterocycles. The summed E-state index contributed by atoms with van der Waals surface area (Å²) < 4.78 is 0. The van der Waals surface area contributed by atoms with Gasteiger partial charge in [0.25, 0.3) is 0 Å². The molecule has 0 spiro atoms. The van der Waals surface area contributed by atoms with Gasteiger partial charge in [0, 0.05) is 42.8 Å². The predicted molar refractivity (Wildman–Crippen MR) is 171 cm³/mol. The van der Waals surface area contributed by atoms with Gasteiger partial charge in [-0.25, -0.2) is 0 Å². The van der Waals surface area contributed by atoms with Gasteiger partial charge in [-0.2, -0.15) is 0 Å². The number of hydrogen-bond acceptors (Lipinski definition) is 5. The van der Waals surface area contributed by atoms with Gasteiger partial charge >= 0.3 is 0 Å². The number of aryl methyl sites for hydroxylation is 1. The van der Waals surface area contributed by atoms with E-state index in [-0.39, 0.29) is 28.7 Å². The molecule has 6 rings (SSSR count). The van der Waals surface area contributed by atoms with Gasteiger partial charge < -0.3 is 10.3 Å². The van der Waals surface area contributed by atoms with Crippen LogP contribution in [0.4, 0.5) is 0 Å². The third kappa shape index (κ3) is 6.65. The molecule has 3 aliphatic carbocycles. The zero-order valence-electron chi connectivity index (χ0n) is 25.7. The number of aromatic amines is 1. The molecule has 0 amide bonds. The lowest BCUT2D eigenvalue weighted by Crippen LogP contribution is -2.34. The molecule has 3 aromatic rings. The lowest BCUT2D eigenvalue weighted by molar-refractivity contribution is -0.119. The number of nitrogens with one attached hydrogen (secondary N) is 2. The third-order valence-corrected chi connectivity index (χ3v) is 9.89. The van der Waals surface area contributed by atoms with Gasteiger partial charge in [-0.3, -0.25) is 19.4 Å². The second-order valence-electron chi connectivity index (χ2n) is 13.8. The van der Waals surface area contributed by atoms with Crippen LogP contribution in [0.3, 0.4) is 0 Å². The van der Waals surface area contributed by atoms with Crippen LogP contribution in [0.25, 0.3) is 17.2 Å². The van der Waals surface area contributed by atoms with E-state index in [0.29, 0.717) is 37.5 Å². The number of rotatable bonds is 9. The van der Waals surface area contributed by atoms with Crippen LogP contribution in [0.1, 0.15) is 93.3 Å². The largest absolute Gasteiger partial charge is 0.328 e. The van der Waals surface area contributed by atoms with Crippen LogP contribution >= 0.6 is 0 Å². The zero-order chi connectivity index (χ0) is 30.1. The maximum atomic E-state index is 13.8. The molecular weight excluding hydrogens is 534 g/mol. The van der Waals surface area contributed by atoms with Crippen molar-refractivity contribution in [1.82, 2.24) is 15.3 Å². The molecule has 1 saturated carbocycles.